The number of nitrogen functional groups attached to an aromatic ring is 1. The number of rotatable bonds is 4. The molecule has 6 nitrogen and oxygen atoms in total. The highest BCUT2D eigenvalue weighted by atomic mass is 35.5. The van der Waals surface area contributed by atoms with Crippen molar-refractivity contribution in [2.45, 2.75) is 12.3 Å². The van der Waals surface area contributed by atoms with E-state index in [0.717, 1.165) is 12.0 Å². The van der Waals surface area contributed by atoms with E-state index in [9.17, 15) is 4.79 Å². The van der Waals surface area contributed by atoms with Gasteiger partial charge in [0.1, 0.15) is 17.5 Å². The molecule has 1 aliphatic rings. The van der Waals surface area contributed by atoms with Gasteiger partial charge in [-0.3, -0.25) is 4.79 Å². The number of carbonyl (C=O) groups is 1. The molecule has 2 aromatic carbocycles. The predicted octanol–water partition coefficient (Wildman–Crippen LogP) is 3.72. The number of nitrogens with two attached hydrogens (primary N) is 1. The summed E-state index contributed by atoms with van der Waals surface area (Å²) in [5.41, 5.74) is 8.65. The van der Waals surface area contributed by atoms with Gasteiger partial charge in [-0.05, 0) is 48.2 Å². The average Bonchev–Trinajstić information content (AvgIpc) is 3.39. The van der Waals surface area contributed by atoms with Crippen LogP contribution in [-0.2, 0) is 4.79 Å². The van der Waals surface area contributed by atoms with Crippen LogP contribution < -0.4 is 11.1 Å². The second-order valence-corrected chi connectivity index (χ2v) is 6.88. The largest absolute Gasteiger partial charge is 0.382 e. The second-order valence-electron chi connectivity index (χ2n) is 6.47. The van der Waals surface area contributed by atoms with Crippen molar-refractivity contribution in [3.8, 4) is 11.8 Å². The number of anilines is 2. The number of benzene rings is 2. The molecule has 2 atom stereocenters. The molecule has 0 saturated heterocycles. The molecule has 3 N–H and O–H groups in total. The molecule has 1 heterocycles. The number of hydrogen-bond donors (Lipinski definition) is 2. The normalized spacial score (nSPS) is 17.9. The van der Waals surface area contributed by atoms with Crippen LogP contribution in [0.15, 0.2) is 54.7 Å². The van der Waals surface area contributed by atoms with Crippen molar-refractivity contribution < 1.29 is 4.79 Å². The molecule has 0 bridgehead atoms. The Balaban J connectivity index is 1.43. The fourth-order valence-electron chi connectivity index (χ4n) is 3.18. The summed E-state index contributed by atoms with van der Waals surface area (Å²) >= 11 is 6.22. The summed E-state index contributed by atoms with van der Waals surface area (Å²) in [5, 5.41) is 16.7. The topological polar surface area (TPSA) is 96.7 Å². The Morgan fingerprint density at radius 2 is 2.00 bits per heavy atom. The molecule has 0 unspecified atom stereocenters. The van der Waals surface area contributed by atoms with E-state index in [4.69, 9.17) is 22.6 Å². The third-order valence-corrected chi connectivity index (χ3v) is 5.08. The van der Waals surface area contributed by atoms with Crippen LogP contribution >= 0.6 is 11.6 Å². The van der Waals surface area contributed by atoms with Crippen LogP contribution in [0.1, 0.15) is 23.5 Å². The first-order valence-corrected chi connectivity index (χ1v) is 8.85. The van der Waals surface area contributed by atoms with Crippen LogP contribution in [0, 0.1) is 17.2 Å². The molecule has 3 aromatic rings. The fraction of sp³-hybridized carbons (Fsp3) is 0.150. The van der Waals surface area contributed by atoms with Gasteiger partial charge < -0.3 is 11.1 Å². The molecular weight excluding hydrogens is 362 g/mol. The molecule has 27 heavy (non-hydrogen) atoms. The number of aromatic nitrogens is 2. The summed E-state index contributed by atoms with van der Waals surface area (Å²) in [5.74, 6) is 0.378. The van der Waals surface area contributed by atoms with Crippen LogP contribution in [0.25, 0.3) is 5.69 Å². The first-order valence-electron chi connectivity index (χ1n) is 8.48. The molecule has 4 rings (SSSR count). The molecule has 0 radical (unpaired) electrons. The highest BCUT2D eigenvalue weighted by Crippen LogP contribution is 2.50. The van der Waals surface area contributed by atoms with Crippen LogP contribution in [-0.4, -0.2) is 15.7 Å². The summed E-state index contributed by atoms with van der Waals surface area (Å²) in [6, 6.07) is 16.8. The quantitative estimate of drug-likeness (QED) is 0.724. The lowest BCUT2D eigenvalue weighted by Crippen LogP contribution is -2.14. The van der Waals surface area contributed by atoms with Gasteiger partial charge in [0.15, 0.2) is 0 Å². The van der Waals surface area contributed by atoms with Gasteiger partial charge in [0.05, 0.1) is 11.9 Å². The van der Waals surface area contributed by atoms with E-state index < -0.39 is 0 Å². The van der Waals surface area contributed by atoms with E-state index in [2.05, 4.69) is 10.4 Å². The molecule has 1 amide bonds. The summed E-state index contributed by atoms with van der Waals surface area (Å²) in [6.07, 6.45) is 2.22. The van der Waals surface area contributed by atoms with E-state index in [1.165, 1.54) is 10.9 Å². The third kappa shape index (κ3) is 3.25. The Labute approximate surface area is 161 Å². The number of halogens is 1. The van der Waals surface area contributed by atoms with Crippen LogP contribution in [0.2, 0.25) is 5.02 Å². The maximum absolute atomic E-state index is 12.5. The van der Waals surface area contributed by atoms with Crippen molar-refractivity contribution in [2.75, 3.05) is 11.1 Å². The van der Waals surface area contributed by atoms with Gasteiger partial charge in [-0.15, -0.1) is 0 Å². The van der Waals surface area contributed by atoms with Crippen LogP contribution in [0.4, 0.5) is 11.5 Å². The lowest BCUT2D eigenvalue weighted by molar-refractivity contribution is -0.117. The third-order valence-electron chi connectivity index (χ3n) is 4.74. The van der Waals surface area contributed by atoms with Crippen molar-refractivity contribution in [2.24, 2.45) is 5.92 Å². The van der Waals surface area contributed by atoms with Gasteiger partial charge in [-0.2, -0.15) is 10.4 Å². The first-order chi connectivity index (χ1) is 13.1. The minimum Gasteiger partial charge on any atom is -0.382 e. The zero-order chi connectivity index (χ0) is 19.0. The summed E-state index contributed by atoms with van der Waals surface area (Å²) in [6.45, 7) is 0. The number of carbonyl (C=O) groups excluding carboxylic acids is 1. The molecule has 1 saturated carbocycles. The Bertz CT molecular complexity index is 1050. The van der Waals surface area contributed by atoms with Gasteiger partial charge in [0, 0.05) is 16.6 Å². The molecule has 7 heteroatoms. The zero-order valence-corrected chi connectivity index (χ0v) is 15.0. The first kappa shape index (κ1) is 17.1. The van der Waals surface area contributed by atoms with Gasteiger partial charge in [-0.1, -0.05) is 29.8 Å². The number of nitrogens with zero attached hydrogens (tertiary/aromatic N) is 3. The van der Waals surface area contributed by atoms with Crippen LogP contribution in [0.5, 0.6) is 0 Å². The van der Waals surface area contributed by atoms with Gasteiger partial charge >= 0.3 is 0 Å². The maximum Gasteiger partial charge on any atom is 0.228 e. The fourth-order valence-corrected chi connectivity index (χ4v) is 3.45. The van der Waals surface area contributed by atoms with Crippen molar-refractivity contribution in [3.05, 3.63) is 70.9 Å². The molecule has 1 aromatic heterocycles. The standard InChI is InChI=1S/C20H16ClN5O/c21-18-4-2-1-3-15(18)16-9-17(16)20(27)25-13-5-7-14(8-6-13)26-19(23)12(10-22)11-24-26/h1-8,11,16-17H,9,23H2,(H,25,27)/t16-,17-/m1/s1. The lowest BCUT2D eigenvalue weighted by atomic mass is 10.1. The van der Waals surface area contributed by atoms with E-state index in [0.29, 0.717) is 22.0 Å². The van der Waals surface area contributed by atoms with Crippen molar-refractivity contribution in [1.29, 1.82) is 5.26 Å². The van der Waals surface area contributed by atoms with Gasteiger partial charge in [-0.25, -0.2) is 4.68 Å². The molecule has 0 aliphatic heterocycles. The number of hydrogen-bond acceptors (Lipinski definition) is 4. The van der Waals surface area contributed by atoms with Gasteiger partial charge in [0.2, 0.25) is 5.91 Å². The summed E-state index contributed by atoms with van der Waals surface area (Å²) in [4.78, 5) is 12.5. The van der Waals surface area contributed by atoms with Crippen LogP contribution in [0.3, 0.4) is 0 Å². The van der Waals surface area contributed by atoms with E-state index >= 15 is 0 Å². The zero-order valence-electron chi connectivity index (χ0n) is 14.3. The SMILES string of the molecule is N#Cc1cnn(-c2ccc(NC(=O)[C@@H]3C[C@@H]3c3ccccc3Cl)cc2)c1N. The maximum atomic E-state index is 12.5. The molecule has 0 spiro atoms. The minimum absolute atomic E-state index is 0.0157. The lowest BCUT2D eigenvalue weighted by Gasteiger charge is -2.08. The molecule has 134 valence electrons. The number of nitrogens with one attached hydrogen (secondary N) is 1. The smallest absolute Gasteiger partial charge is 0.228 e. The van der Waals surface area contributed by atoms with Gasteiger partial charge in [0.25, 0.3) is 0 Å². The Morgan fingerprint density at radius 1 is 1.26 bits per heavy atom. The van der Waals surface area contributed by atoms with E-state index in [1.54, 1.807) is 24.3 Å². The monoisotopic (exact) mass is 377 g/mol. The van der Waals surface area contributed by atoms with Crippen molar-refractivity contribution >= 4 is 29.0 Å². The molecule has 1 aliphatic carbocycles. The highest BCUT2D eigenvalue weighted by molar-refractivity contribution is 6.31. The van der Waals surface area contributed by atoms with E-state index in [-0.39, 0.29) is 23.6 Å². The van der Waals surface area contributed by atoms with Crippen molar-refractivity contribution in [3.63, 3.8) is 0 Å². The predicted molar refractivity (Wildman–Crippen MR) is 104 cm³/mol. The Hall–Kier alpha value is -3.30. The Kier molecular flexibility index (Phi) is 4.30. The molecular formula is C20H16ClN5O. The van der Waals surface area contributed by atoms with Crippen molar-refractivity contribution in [1.82, 2.24) is 9.78 Å². The number of nitriles is 1. The average molecular weight is 378 g/mol. The highest BCUT2D eigenvalue weighted by Gasteiger charge is 2.44. The molecule has 1 fully saturated rings. The second kappa shape index (κ2) is 6.78. The summed E-state index contributed by atoms with van der Waals surface area (Å²) in [7, 11) is 0. The Morgan fingerprint density at radius 3 is 2.67 bits per heavy atom. The van der Waals surface area contributed by atoms with E-state index in [1.807, 2.05) is 30.3 Å². The minimum atomic E-state index is -0.0653. The number of amides is 1. The summed E-state index contributed by atoms with van der Waals surface area (Å²) < 4.78 is 1.48.